The molecule has 0 radical (unpaired) electrons. The summed E-state index contributed by atoms with van der Waals surface area (Å²) in [6.45, 7) is 5.10. The predicted molar refractivity (Wildman–Crippen MR) is 121 cm³/mol. The average molecular weight is 421 g/mol. The number of halogens is 1. The Hall–Kier alpha value is -2.80. The van der Waals surface area contributed by atoms with Crippen molar-refractivity contribution in [3.8, 4) is 0 Å². The highest BCUT2D eigenvalue weighted by atomic mass is 19.1. The highest BCUT2D eigenvalue weighted by molar-refractivity contribution is 5.81. The Morgan fingerprint density at radius 1 is 1.19 bits per heavy atom. The molecule has 0 unspecified atom stereocenters. The van der Waals surface area contributed by atoms with Crippen LogP contribution in [-0.2, 0) is 6.42 Å². The predicted octanol–water partition coefficient (Wildman–Crippen LogP) is 4.09. The SMILES string of the molecule is Cc1cn2cc(C3=CCCCc4nc(NCC5CCN(C)CC5)ncc43)cc(F)c2n1. The van der Waals surface area contributed by atoms with Gasteiger partial charge in [-0.25, -0.2) is 19.3 Å². The molecule has 1 aliphatic carbocycles. The number of likely N-dealkylation sites (tertiary alicyclic amines) is 1. The highest BCUT2D eigenvalue weighted by Crippen LogP contribution is 2.31. The summed E-state index contributed by atoms with van der Waals surface area (Å²) in [5.41, 5.74) is 5.03. The highest BCUT2D eigenvalue weighted by Gasteiger charge is 2.20. The number of allylic oxidation sites excluding steroid dienone is 1. The van der Waals surface area contributed by atoms with Crippen LogP contribution in [0.25, 0.3) is 11.2 Å². The first kappa shape index (κ1) is 20.1. The maximum Gasteiger partial charge on any atom is 0.222 e. The second kappa shape index (κ2) is 8.38. The van der Waals surface area contributed by atoms with E-state index in [-0.39, 0.29) is 5.82 Å². The lowest BCUT2D eigenvalue weighted by atomic mass is 9.97. The van der Waals surface area contributed by atoms with Gasteiger partial charge < -0.3 is 14.6 Å². The molecule has 1 aliphatic heterocycles. The summed E-state index contributed by atoms with van der Waals surface area (Å²) in [6.07, 6.45) is 13.2. The van der Waals surface area contributed by atoms with Gasteiger partial charge in [0.05, 0.1) is 11.4 Å². The molecule has 1 saturated heterocycles. The number of hydrogen-bond acceptors (Lipinski definition) is 5. The average Bonchev–Trinajstić information content (AvgIpc) is 3.02. The fourth-order valence-corrected chi connectivity index (χ4v) is 4.65. The number of imidazole rings is 1. The van der Waals surface area contributed by atoms with Crippen molar-refractivity contribution >= 4 is 17.2 Å². The van der Waals surface area contributed by atoms with Crippen molar-refractivity contribution in [2.24, 2.45) is 5.92 Å². The van der Waals surface area contributed by atoms with Gasteiger partial charge in [-0.15, -0.1) is 0 Å². The monoisotopic (exact) mass is 420 g/mol. The molecular formula is C24H29FN6. The summed E-state index contributed by atoms with van der Waals surface area (Å²) in [4.78, 5) is 16.1. The minimum Gasteiger partial charge on any atom is -0.354 e. The molecule has 3 aromatic heterocycles. The Morgan fingerprint density at radius 3 is 2.87 bits per heavy atom. The van der Waals surface area contributed by atoms with Gasteiger partial charge in [-0.1, -0.05) is 6.08 Å². The minimum absolute atomic E-state index is 0.311. The Balaban J connectivity index is 1.40. The Kier molecular flexibility index (Phi) is 5.44. The zero-order valence-corrected chi connectivity index (χ0v) is 18.2. The Labute approximate surface area is 182 Å². The van der Waals surface area contributed by atoms with Gasteiger partial charge in [-0.05, 0) is 76.7 Å². The lowest BCUT2D eigenvalue weighted by Gasteiger charge is -2.29. The Bertz CT molecular complexity index is 1130. The topological polar surface area (TPSA) is 58.4 Å². The van der Waals surface area contributed by atoms with Gasteiger partial charge in [0.25, 0.3) is 0 Å². The van der Waals surface area contributed by atoms with Gasteiger partial charge in [-0.2, -0.15) is 0 Å². The quantitative estimate of drug-likeness (QED) is 0.689. The van der Waals surface area contributed by atoms with Crippen LogP contribution in [0, 0.1) is 18.7 Å². The van der Waals surface area contributed by atoms with Gasteiger partial charge >= 0.3 is 0 Å². The molecule has 0 amide bonds. The van der Waals surface area contributed by atoms with Gasteiger partial charge in [0.2, 0.25) is 5.95 Å². The number of hydrogen-bond donors (Lipinski definition) is 1. The minimum atomic E-state index is -0.311. The summed E-state index contributed by atoms with van der Waals surface area (Å²) in [7, 11) is 2.18. The first-order valence-electron chi connectivity index (χ1n) is 11.2. The van der Waals surface area contributed by atoms with Gasteiger partial charge in [-0.3, -0.25) is 0 Å². The molecule has 1 N–H and O–H groups in total. The molecule has 0 saturated carbocycles. The molecule has 2 aliphatic rings. The van der Waals surface area contributed by atoms with Crippen LogP contribution in [-0.4, -0.2) is 50.9 Å². The normalized spacial score (nSPS) is 18.0. The summed E-state index contributed by atoms with van der Waals surface area (Å²) < 4.78 is 16.5. The van der Waals surface area contributed by atoms with Gasteiger partial charge in [0, 0.05) is 36.3 Å². The van der Waals surface area contributed by atoms with Crippen molar-refractivity contribution in [3.05, 3.63) is 59.1 Å². The number of pyridine rings is 1. The van der Waals surface area contributed by atoms with Crippen LogP contribution in [0.1, 0.15) is 48.2 Å². The molecule has 6 nitrogen and oxygen atoms in total. The molecular weight excluding hydrogens is 391 g/mol. The summed E-state index contributed by atoms with van der Waals surface area (Å²) >= 11 is 0. The van der Waals surface area contributed by atoms with E-state index in [9.17, 15) is 4.39 Å². The molecule has 4 heterocycles. The van der Waals surface area contributed by atoms with Crippen LogP contribution < -0.4 is 5.32 Å². The number of piperidine rings is 1. The lowest BCUT2D eigenvalue weighted by Crippen LogP contribution is -2.33. The third-order valence-corrected chi connectivity index (χ3v) is 6.45. The van der Waals surface area contributed by atoms with Crippen LogP contribution in [0.15, 0.2) is 30.7 Å². The third kappa shape index (κ3) is 4.19. The zero-order chi connectivity index (χ0) is 21.4. The molecule has 1 fully saturated rings. The number of aryl methyl sites for hydroxylation is 2. The maximum atomic E-state index is 14.7. The number of fused-ring (bicyclic) bond motifs is 2. The van der Waals surface area contributed by atoms with Crippen LogP contribution >= 0.6 is 0 Å². The fourth-order valence-electron chi connectivity index (χ4n) is 4.65. The van der Waals surface area contributed by atoms with Crippen LogP contribution in [0.2, 0.25) is 0 Å². The number of nitrogens with one attached hydrogen (secondary N) is 1. The molecule has 0 spiro atoms. The van der Waals surface area contributed by atoms with E-state index in [2.05, 4.69) is 33.3 Å². The molecule has 31 heavy (non-hydrogen) atoms. The van der Waals surface area contributed by atoms with Crippen molar-refractivity contribution < 1.29 is 4.39 Å². The zero-order valence-electron chi connectivity index (χ0n) is 18.2. The number of nitrogens with zero attached hydrogens (tertiary/aromatic N) is 5. The fraction of sp³-hybridized carbons (Fsp3) is 0.458. The van der Waals surface area contributed by atoms with E-state index < -0.39 is 0 Å². The van der Waals surface area contributed by atoms with E-state index in [0.717, 1.165) is 67.0 Å². The smallest absolute Gasteiger partial charge is 0.222 e. The number of rotatable bonds is 4. The molecule has 5 rings (SSSR count). The van der Waals surface area contributed by atoms with Crippen molar-refractivity contribution in [2.45, 2.75) is 39.0 Å². The maximum absolute atomic E-state index is 14.7. The molecule has 0 atom stereocenters. The van der Waals surface area contributed by atoms with Crippen molar-refractivity contribution in [3.63, 3.8) is 0 Å². The second-order valence-electron chi connectivity index (χ2n) is 8.88. The van der Waals surface area contributed by atoms with E-state index in [1.165, 1.54) is 12.8 Å². The van der Waals surface area contributed by atoms with E-state index in [1.54, 1.807) is 10.5 Å². The number of aromatic nitrogens is 4. The molecule has 0 aromatic carbocycles. The third-order valence-electron chi connectivity index (χ3n) is 6.45. The van der Waals surface area contributed by atoms with Crippen molar-refractivity contribution in [1.82, 2.24) is 24.3 Å². The molecule has 0 bridgehead atoms. The Morgan fingerprint density at radius 2 is 2.03 bits per heavy atom. The first-order chi connectivity index (χ1) is 15.1. The number of anilines is 1. The first-order valence-corrected chi connectivity index (χ1v) is 11.2. The van der Waals surface area contributed by atoms with E-state index in [4.69, 9.17) is 4.98 Å². The standard InChI is InChI=1S/C24H29FN6/c1-16-14-31-15-18(11-21(25)23(31)28-16)19-5-3-4-6-22-20(19)13-27-24(29-22)26-12-17-7-9-30(2)10-8-17/h5,11,13-15,17H,3-4,6-10,12H2,1-2H3,(H,26,27,29). The van der Waals surface area contributed by atoms with Crippen LogP contribution in [0.3, 0.4) is 0 Å². The molecule has 7 heteroatoms. The van der Waals surface area contributed by atoms with Crippen LogP contribution in [0.5, 0.6) is 0 Å². The summed E-state index contributed by atoms with van der Waals surface area (Å²) in [6, 6.07) is 1.58. The van der Waals surface area contributed by atoms with Gasteiger partial charge in [0.15, 0.2) is 11.5 Å². The second-order valence-corrected chi connectivity index (χ2v) is 8.88. The summed E-state index contributed by atoms with van der Waals surface area (Å²) in [5, 5.41) is 3.46. The largest absolute Gasteiger partial charge is 0.354 e. The van der Waals surface area contributed by atoms with E-state index in [0.29, 0.717) is 17.5 Å². The van der Waals surface area contributed by atoms with Crippen molar-refractivity contribution in [1.29, 1.82) is 0 Å². The van der Waals surface area contributed by atoms with Gasteiger partial charge in [0.1, 0.15) is 0 Å². The molecule has 162 valence electrons. The van der Waals surface area contributed by atoms with E-state index in [1.807, 2.05) is 25.5 Å². The molecule has 3 aromatic rings. The van der Waals surface area contributed by atoms with Crippen molar-refractivity contribution in [2.75, 3.05) is 32.0 Å². The van der Waals surface area contributed by atoms with Crippen LogP contribution in [0.4, 0.5) is 10.3 Å². The summed E-state index contributed by atoms with van der Waals surface area (Å²) in [5.74, 6) is 1.06. The van der Waals surface area contributed by atoms with E-state index >= 15 is 0 Å². The lowest BCUT2D eigenvalue weighted by molar-refractivity contribution is 0.226.